The van der Waals surface area contributed by atoms with Crippen LogP contribution in [0.15, 0.2) is 0 Å². The fourth-order valence-corrected chi connectivity index (χ4v) is 1.83. The molecule has 1 atom stereocenters. The van der Waals surface area contributed by atoms with E-state index in [0.29, 0.717) is 13.1 Å². The molecule has 0 amide bonds. The molecule has 0 aromatic rings. The number of piperidine rings is 1. The van der Waals surface area contributed by atoms with Crippen LogP contribution in [0.25, 0.3) is 0 Å². The Morgan fingerprint density at radius 2 is 2.13 bits per heavy atom. The Morgan fingerprint density at radius 3 is 2.73 bits per heavy atom. The van der Waals surface area contributed by atoms with E-state index in [1.807, 2.05) is 4.90 Å². The molecular weight excluding hydrogens is 209 g/mol. The van der Waals surface area contributed by atoms with Gasteiger partial charge in [-0.25, -0.2) is 0 Å². The highest BCUT2D eigenvalue weighted by atomic mass is 19.4. The molecule has 1 heterocycles. The van der Waals surface area contributed by atoms with E-state index in [-0.39, 0.29) is 12.6 Å². The van der Waals surface area contributed by atoms with E-state index in [1.165, 1.54) is 0 Å². The first kappa shape index (κ1) is 12.7. The van der Waals surface area contributed by atoms with Crippen LogP contribution in [0, 0.1) is 0 Å². The Bertz CT molecular complexity index is 185. The highest BCUT2D eigenvalue weighted by Crippen LogP contribution is 2.15. The second-order valence-corrected chi connectivity index (χ2v) is 3.86. The Labute approximate surface area is 87.3 Å². The van der Waals surface area contributed by atoms with Crippen molar-refractivity contribution >= 4 is 0 Å². The van der Waals surface area contributed by atoms with Crippen molar-refractivity contribution < 1.29 is 18.3 Å². The lowest BCUT2D eigenvalue weighted by atomic mass is 10.1. The van der Waals surface area contributed by atoms with Crippen molar-refractivity contribution in [2.24, 2.45) is 0 Å². The molecule has 0 spiro atoms. The Balaban J connectivity index is 2.24. The van der Waals surface area contributed by atoms with Crippen LogP contribution >= 0.6 is 0 Å². The lowest BCUT2D eigenvalue weighted by Crippen LogP contribution is -2.48. The minimum absolute atomic E-state index is 0.0615. The standard InChI is InChI=1S/C9H17F3N2O/c10-9(11,12)7-13-8-2-1-3-14(6-8)4-5-15/h8,13,15H,1-7H2. The average Bonchev–Trinajstić information content (AvgIpc) is 2.15. The molecule has 0 aromatic carbocycles. The molecule has 0 aromatic heterocycles. The lowest BCUT2D eigenvalue weighted by molar-refractivity contribution is -0.127. The van der Waals surface area contributed by atoms with E-state index in [9.17, 15) is 13.2 Å². The molecule has 0 bridgehead atoms. The molecule has 0 radical (unpaired) electrons. The molecule has 15 heavy (non-hydrogen) atoms. The van der Waals surface area contributed by atoms with Gasteiger partial charge < -0.3 is 10.4 Å². The van der Waals surface area contributed by atoms with Gasteiger partial charge >= 0.3 is 6.18 Å². The molecule has 0 saturated carbocycles. The molecule has 6 heteroatoms. The molecule has 0 aliphatic carbocycles. The predicted octanol–water partition coefficient (Wildman–Crippen LogP) is 0.595. The third kappa shape index (κ3) is 5.34. The van der Waals surface area contributed by atoms with Gasteiger partial charge in [0.1, 0.15) is 0 Å². The summed E-state index contributed by atoms with van der Waals surface area (Å²) >= 11 is 0. The number of likely N-dealkylation sites (tertiary alicyclic amines) is 1. The fraction of sp³-hybridized carbons (Fsp3) is 1.00. The second-order valence-electron chi connectivity index (χ2n) is 3.86. The summed E-state index contributed by atoms with van der Waals surface area (Å²) in [6, 6.07) is -0.105. The summed E-state index contributed by atoms with van der Waals surface area (Å²) in [5, 5.41) is 11.2. The van der Waals surface area contributed by atoms with Crippen molar-refractivity contribution in [3.63, 3.8) is 0 Å². The van der Waals surface area contributed by atoms with Crippen molar-refractivity contribution in [1.82, 2.24) is 10.2 Å². The second kappa shape index (κ2) is 5.67. The van der Waals surface area contributed by atoms with Gasteiger partial charge in [0.2, 0.25) is 0 Å². The minimum Gasteiger partial charge on any atom is -0.395 e. The van der Waals surface area contributed by atoms with Crippen LogP contribution in [0.1, 0.15) is 12.8 Å². The zero-order valence-electron chi connectivity index (χ0n) is 8.56. The fourth-order valence-electron chi connectivity index (χ4n) is 1.83. The van der Waals surface area contributed by atoms with E-state index in [2.05, 4.69) is 5.32 Å². The van der Waals surface area contributed by atoms with E-state index in [4.69, 9.17) is 5.11 Å². The molecular formula is C9H17F3N2O. The van der Waals surface area contributed by atoms with E-state index in [1.54, 1.807) is 0 Å². The third-order valence-electron chi connectivity index (χ3n) is 2.51. The van der Waals surface area contributed by atoms with Crippen molar-refractivity contribution in [2.45, 2.75) is 25.1 Å². The molecule has 1 rings (SSSR count). The highest BCUT2D eigenvalue weighted by molar-refractivity contribution is 4.78. The Hall–Kier alpha value is -0.330. The topological polar surface area (TPSA) is 35.5 Å². The first-order valence-corrected chi connectivity index (χ1v) is 5.14. The van der Waals surface area contributed by atoms with Gasteiger partial charge in [-0.05, 0) is 19.4 Å². The lowest BCUT2D eigenvalue weighted by Gasteiger charge is -2.32. The quantitative estimate of drug-likeness (QED) is 0.736. The first-order chi connectivity index (χ1) is 7.01. The summed E-state index contributed by atoms with van der Waals surface area (Å²) in [4.78, 5) is 1.98. The maximum absolute atomic E-state index is 11.9. The van der Waals surface area contributed by atoms with Crippen LogP contribution in [-0.4, -0.2) is 55.0 Å². The number of β-amino-alcohol motifs (C(OH)–C–C–N with tert-alkyl or cyclic N) is 1. The Morgan fingerprint density at radius 1 is 1.40 bits per heavy atom. The maximum Gasteiger partial charge on any atom is 0.401 e. The normalized spacial score (nSPS) is 24.4. The number of aliphatic hydroxyl groups is 1. The monoisotopic (exact) mass is 226 g/mol. The zero-order valence-corrected chi connectivity index (χ0v) is 8.56. The first-order valence-electron chi connectivity index (χ1n) is 5.14. The maximum atomic E-state index is 11.9. The SMILES string of the molecule is OCCN1CCCC(NCC(F)(F)F)C1. The summed E-state index contributed by atoms with van der Waals surface area (Å²) in [5.41, 5.74) is 0. The highest BCUT2D eigenvalue weighted by Gasteiger charge is 2.29. The molecule has 3 nitrogen and oxygen atoms in total. The van der Waals surface area contributed by atoms with Crippen molar-refractivity contribution in [1.29, 1.82) is 0 Å². The van der Waals surface area contributed by atoms with Gasteiger partial charge in [0, 0.05) is 19.1 Å². The molecule has 1 aliphatic rings. The number of nitrogens with zero attached hydrogens (tertiary/aromatic N) is 1. The number of aliphatic hydroxyl groups excluding tert-OH is 1. The van der Waals surface area contributed by atoms with Crippen molar-refractivity contribution in [3.05, 3.63) is 0 Å². The van der Waals surface area contributed by atoms with Gasteiger partial charge in [0.05, 0.1) is 13.2 Å². The predicted molar refractivity (Wildman–Crippen MR) is 50.6 cm³/mol. The summed E-state index contributed by atoms with van der Waals surface area (Å²) < 4.78 is 35.8. The van der Waals surface area contributed by atoms with Gasteiger partial charge in [-0.15, -0.1) is 0 Å². The molecule has 90 valence electrons. The van der Waals surface area contributed by atoms with Crippen LogP contribution in [0.4, 0.5) is 13.2 Å². The van der Waals surface area contributed by atoms with Gasteiger partial charge in [-0.3, -0.25) is 4.90 Å². The van der Waals surface area contributed by atoms with Crippen molar-refractivity contribution in [3.8, 4) is 0 Å². The molecule has 2 N–H and O–H groups in total. The van der Waals surface area contributed by atoms with Gasteiger partial charge in [0.25, 0.3) is 0 Å². The number of nitrogens with one attached hydrogen (secondary N) is 1. The number of rotatable bonds is 4. The van der Waals surface area contributed by atoms with Gasteiger partial charge in [-0.2, -0.15) is 13.2 Å². The zero-order chi connectivity index (χ0) is 11.3. The van der Waals surface area contributed by atoms with Crippen LogP contribution < -0.4 is 5.32 Å². The number of hydrogen-bond acceptors (Lipinski definition) is 3. The van der Waals surface area contributed by atoms with Crippen LogP contribution in [0.2, 0.25) is 0 Å². The van der Waals surface area contributed by atoms with Gasteiger partial charge in [0.15, 0.2) is 0 Å². The molecule has 1 aliphatic heterocycles. The summed E-state index contributed by atoms with van der Waals surface area (Å²) in [7, 11) is 0. The largest absolute Gasteiger partial charge is 0.401 e. The average molecular weight is 226 g/mol. The Kier molecular flexibility index (Phi) is 4.82. The molecule has 1 saturated heterocycles. The summed E-state index contributed by atoms with van der Waals surface area (Å²) in [5.74, 6) is 0. The molecule has 1 unspecified atom stereocenters. The van der Waals surface area contributed by atoms with Crippen LogP contribution in [-0.2, 0) is 0 Å². The smallest absolute Gasteiger partial charge is 0.395 e. The number of alkyl halides is 3. The van der Waals surface area contributed by atoms with E-state index < -0.39 is 12.7 Å². The van der Waals surface area contributed by atoms with E-state index in [0.717, 1.165) is 19.4 Å². The number of hydrogen-bond donors (Lipinski definition) is 2. The van der Waals surface area contributed by atoms with Crippen molar-refractivity contribution in [2.75, 3.05) is 32.8 Å². The number of halogens is 3. The minimum atomic E-state index is -4.14. The van der Waals surface area contributed by atoms with E-state index >= 15 is 0 Å². The third-order valence-corrected chi connectivity index (χ3v) is 2.51. The van der Waals surface area contributed by atoms with Crippen LogP contribution in [0.5, 0.6) is 0 Å². The summed E-state index contributed by atoms with van der Waals surface area (Å²) in [6.45, 7) is 1.14. The van der Waals surface area contributed by atoms with Crippen LogP contribution in [0.3, 0.4) is 0 Å². The summed E-state index contributed by atoms with van der Waals surface area (Å²) in [6.07, 6.45) is -2.48. The van der Waals surface area contributed by atoms with Gasteiger partial charge in [-0.1, -0.05) is 0 Å². The molecule has 1 fully saturated rings.